The van der Waals surface area contributed by atoms with E-state index in [2.05, 4.69) is 31.4 Å². The van der Waals surface area contributed by atoms with Crippen molar-refractivity contribution in [1.29, 1.82) is 0 Å². The summed E-state index contributed by atoms with van der Waals surface area (Å²) in [6.45, 7) is 14.2. The summed E-state index contributed by atoms with van der Waals surface area (Å²) >= 11 is 0. The van der Waals surface area contributed by atoms with Crippen LogP contribution >= 0.6 is 0 Å². The average Bonchev–Trinajstić information content (AvgIpc) is 2.60. The molecule has 2 amide bonds. The SMILES string of the molecule is Cc1ccc(NC(=O)[C@@H](NC(=O)c2ccc(C(C)(C)C)cc2)C(C)C)c(C)c1. The summed E-state index contributed by atoms with van der Waals surface area (Å²) in [5, 5.41) is 5.84. The Bertz CT molecular complexity index is 846. The van der Waals surface area contributed by atoms with E-state index in [9.17, 15) is 9.59 Å². The van der Waals surface area contributed by atoms with Gasteiger partial charge in [0.1, 0.15) is 6.04 Å². The summed E-state index contributed by atoms with van der Waals surface area (Å²) < 4.78 is 0. The van der Waals surface area contributed by atoms with Crippen molar-refractivity contribution in [1.82, 2.24) is 5.32 Å². The molecule has 0 unspecified atom stereocenters. The molecule has 0 aliphatic carbocycles. The van der Waals surface area contributed by atoms with Gasteiger partial charge in [-0.1, -0.05) is 64.4 Å². The monoisotopic (exact) mass is 380 g/mol. The summed E-state index contributed by atoms with van der Waals surface area (Å²) in [6.07, 6.45) is 0. The first-order valence-electron chi connectivity index (χ1n) is 9.78. The molecule has 0 saturated heterocycles. The number of hydrogen-bond acceptors (Lipinski definition) is 2. The minimum Gasteiger partial charge on any atom is -0.340 e. The Morgan fingerprint density at radius 1 is 0.929 bits per heavy atom. The van der Waals surface area contributed by atoms with Gasteiger partial charge >= 0.3 is 0 Å². The molecule has 2 aromatic rings. The van der Waals surface area contributed by atoms with Crippen LogP contribution in [0.5, 0.6) is 0 Å². The number of carbonyl (C=O) groups excluding carboxylic acids is 2. The lowest BCUT2D eigenvalue weighted by atomic mass is 9.86. The first-order valence-corrected chi connectivity index (χ1v) is 9.78. The molecule has 2 rings (SSSR count). The fourth-order valence-electron chi connectivity index (χ4n) is 3.05. The van der Waals surface area contributed by atoms with Gasteiger partial charge in [-0.3, -0.25) is 9.59 Å². The predicted octanol–water partition coefficient (Wildman–Crippen LogP) is 4.99. The van der Waals surface area contributed by atoms with Gasteiger partial charge in [-0.25, -0.2) is 0 Å². The summed E-state index contributed by atoms with van der Waals surface area (Å²) in [5.41, 5.74) is 4.66. The van der Waals surface area contributed by atoms with E-state index in [0.717, 1.165) is 22.4 Å². The van der Waals surface area contributed by atoms with E-state index in [1.165, 1.54) is 0 Å². The topological polar surface area (TPSA) is 58.2 Å². The molecule has 0 spiro atoms. The van der Waals surface area contributed by atoms with Crippen molar-refractivity contribution in [2.75, 3.05) is 5.32 Å². The van der Waals surface area contributed by atoms with Crippen LogP contribution in [0.1, 0.15) is 61.7 Å². The van der Waals surface area contributed by atoms with Crippen molar-refractivity contribution in [2.45, 2.75) is 59.9 Å². The molecule has 0 aromatic heterocycles. The molecule has 0 aliphatic heterocycles. The maximum atomic E-state index is 12.8. The molecule has 0 bridgehead atoms. The zero-order valence-corrected chi connectivity index (χ0v) is 18.0. The van der Waals surface area contributed by atoms with Crippen LogP contribution in [0.15, 0.2) is 42.5 Å². The molecule has 4 nitrogen and oxygen atoms in total. The average molecular weight is 381 g/mol. The maximum Gasteiger partial charge on any atom is 0.251 e. The van der Waals surface area contributed by atoms with Crippen molar-refractivity contribution < 1.29 is 9.59 Å². The largest absolute Gasteiger partial charge is 0.340 e. The second kappa shape index (κ2) is 8.59. The summed E-state index contributed by atoms with van der Waals surface area (Å²) in [6, 6.07) is 12.8. The van der Waals surface area contributed by atoms with Crippen LogP contribution in [0.25, 0.3) is 0 Å². The molecule has 2 N–H and O–H groups in total. The highest BCUT2D eigenvalue weighted by molar-refractivity contribution is 6.01. The highest BCUT2D eigenvalue weighted by atomic mass is 16.2. The number of amides is 2. The number of carbonyl (C=O) groups is 2. The first kappa shape index (κ1) is 21.7. The van der Waals surface area contributed by atoms with Crippen molar-refractivity contribution >= 4 is 17.5 Å². The van der Waals surface area contributed by atoms with Crippen LogP contribution in [0, 0.1) is 19.8 Å². The van der Waals surface area contributed by atoms with Gasteiger partial charge in [0.15, 0.2) is 0 Å². The molecule has 0 aliphatic rings. The van der Waals surface area contributed by atoms with Gasteiger partial charge in [0.2, 0.25) is 5.91 Å². The molecule has 28 heavy (non-hydrogen) atoms. The Morgan fingerprint density at radius 3 is 2.04 bits per heavy atom. The van der Waals surface area contributed by atoms with Gasteiger partial charge in [0.05, 0.1) is 0 Å². The van der Waals surface area contributed by atoms with Crippen LogP contribution in [-0.2, 0) is 10.2 Å². The van der Waals surface area contributed by atoms with Crippen LogP contribution in [0.4, 0.5) is 5.69 Å². The molecule has 0 saturated carbocycles. The van der Waals surface area contributed by atoms with Gasteiger partial charge in [-0.05, 0) is 54.5 Å². The standard InChI is InChI=1S/C24H32N2O2/c1-15(2)21(23(28)25-20-13-8-16(3)14-17(20)4)26-22(27)18-9-11-19(12-10-18)24(5,6)7/h8-15,21H,1-7H3,(H,25,28)(H,26,27)/t21-/m0/s1. The zero-order valence-electron chi connectivity index (χ0n) is 18.0. The summed E-state index contributed by atoms with van der Waals surface area (Å²) in [5.74, 6) is -0.486. The fourth-order valence-corrected chi connectivity index (χ4v) is 3.05. The second-order valence-corrected chi connectivity index (χ2v) is 8.83. The number of aryl methyl sites for hydroxylation is 2. The third-order valence-corrected chi connectivity index (χ3v) is 4.89. The Balaban J connectivity index is 2.13. The summed E-state index contributed by atoms with van der Waals surface area (Å²) in [4.78, 5) is 25.5. The molecule has 0 radical (unpaired) electrons. The van der Waals surface area contributed by atoms with E-state index in [0.29, 0.717) is 5.56 Å². The van der Waals surface area contributed by atoms with Crippen LogP contribution in [0.3, 0.4) is 0 Å². The molecule has 1 atom stereocenters. The lowest BCUT2D eigenvalue weighted by Crippen LogP contribution is -2.47. The third kappa shape index (κ3) is 5.44. The van der Waals surface area contributed by atoms with E-state index >= 15 is 0 Å². The Morgan fingerprint density at radius 2 is 1.54 bits per heavy atom. The fraction of sp³-hybridized carbons (Fsp3) is 0.417. The number of hydrogen-bond donors (Lipinski definition) is 2. The lowest BCUT2D eigenvalue weighted by Gasteiger charge is -2.23. The van der Waals surface area contributed by atoms with Gasteiger partial charge < -0.3 is 10.6 Å². The summed E-state index contributed by atoms with van der Waals surface area (Å²) in [7, 11) is 0. The Kier molecular flexibility index (Phi) is 6.65. The van der Waals surface area contributed by atoms with Crippen LogP contribution < -0.4 is 10.6 Å². The Labute approximate surface area is 168 Å². The first-order chi connectivity index (χ1) is 13.0. The normalized spacial score (nSPS) is 12.6. The smallest absolute Gasteiger partial charge is 0.251 e. The lowest BCUT2D eigenvalue weighted by molar-refractivity contribution is -0.118. The van der Waals surface area contributed by atoms with Crippen molar-refractivity contribution in [3.8, 4) is 0 Å². The maximum absolute atomic E-state index is 12.8. The van der Waals surface area contributed by atoms with E-state index < -0.39 is 6.04 Å². The number of anilines is 1. The number of nitrogens with one attached hydrogen (secondary N) is 2. The van der Waals surface area contributed by atoms with Crippen LogP contribution in [-0.4, -0.2) is 17.9 Å². The van der Waals surface area contributed by atoms with Crippen LogP contribution in [0.2, 0.25) is 0 Å². The van der Waals surface area contributed by atoms with E-state index in [4.69, 9.17) is 0 Å². The Hall–Kier alpha value is -2.62. The zero-order chi connectivity index (χ0) is 21.1. The molecular weight excluding hydrogens is 348 g/mol. The highest BCUT2D eigenvalue weighted by Crippen LogP contribution is 2.22. The van der Waals surface area contributed by atoms with Gasteiger partial charge in [0, 0.05) is 11.3 Å². The predicted molar refractivity (Wildman–Crippen MR) is 116 cm³/mol. The van der Waals surface area contributed by atoms with Crippen molar-refractivity contribution in [3.05, 3.63) is 64.7 Å². The van der Waals surface area contributed by atoms with Gasteiger partial charge in [-0.15, -0.1) is 0 Å². The second-order valence-electron chi connectivity index (χ2n) is 8.83. The van der Waals surface area contributed by atoms with Crippen molar-refractivity contribution in [2.24, 2.45) is 5.92 Å². The van der Waals surface area contributed by atoms with Gasteiger partial charge in [-0.2, -0.15) is 0 Å². The third-order valence-electron chi connectivity index (χ3n) is 4.89. The number of benzene rings is 2. The molecule has 0 fully saturated rings. The van der Waals surface area contributed by atoms with E-state index in [1.807, 2.05) is 70.2 Å². The molecule has 4 heteroatoms. The quantitative estimate of drug-likeness (QED) is 0.767. The van der Waals surface area contributed by atoms with E-state index in [-0.39, 0.29) is 23.1 Å². The molecule has 0 heterocycles. The van der Waals surface area contributed by atoms with Crippen molar-refractivity contribution in [3.63, 3.8) is 0 Å². The molecule has 150 valence electrons. The number of rotatable bonds is 5. The van der Waals surface area contributed by atoms with E-state index in [1.54, 1.807) is 0 Å². The minimum absolute atomic E-state index is 0.0290. The van der Waals surface area contributed by atoms with Gasteiger partial charge in [0.25, 0.3) is 5.91 Å². The molecular formula is C24H32N2O2. The molecule has 2 aromatic carbocycles. The highest BCUT2D eigenvalue weighted by Gasteiger charge is 2.25. The minimum atomic E-state index is -0.615.